The number of nitrogens with zero attached hydrogens (tertiary/aromatic N) is 3. The molecule has 0 bridgehead atoms. The fourth-order valence-electron chi connectivity index (χ4n) is 2.00. The first-order valence-corrected chi connectivity index (χ1v) is 6.99. The van der Waals surface area contributed by atoms with Gasteiger partial charge in [-0.15, -0.1) is 0 Å². The summed E-state index contributed by atoms with van der Waals surface area (Å²) in [5.41, 5.74) is 5.46. The van der Waals surface area contributed by atoms with E-state index in [2.05, 4.69) is 25.3 Å². The topological polar surface area (TPSA) is 92.5 Å². The Kier molecular flexibility index (Phi) is 4.02. The van der Waals surface area contributed by atoms with Gasteiger partial charge in [0.2, 0.25) is 5.95 Å². The Hall–Kier alpha value is -2.81. The fraction of sp³-hybridized carbons (Fsp3) is 0.0714. The van der Waals surface area contributed by atoms with Crippen LogP contribution in [0.5, 0.6) is 0 Å². The number of rotatable bonds is 3. The van der Waals surface area contributed by atoms with Crippen LogP contribution in [0.4, 0.5) is 30.6 Å². The molecule has 0 amide bonds. The van der Waals surface area contributed by atoms with Crippen LogP contribution in [0, 0.1) is 0 Å². The maximum atomic E-state index is 12.7. The summed E-state index contributed by atoms with van der Waals surface area (Å²) in [7, 11) is 0. The van der Waals surface area contributed by atoms with Crippen LogP contribution < -0.4 is 11.1 Å². The lowest BCUT2D eigenvalue weighted by Crippen LogP contribution is -2.05. The highest BCUT2D eigenvalue weighted by Crippen LogP contribution is 2.33. The molecule has 0 radical (unpaired) electrons. The Morgan fingerprint density at radius 3 is 2.58 bits per heavy atom. The van der Waals surface area contributed by atoms with Crippen LogP contribution in [-0.4, -0.2) is 19.9 Å². The van der Waals surface area contributed by atoms with Crippen molar-refractivity contribution >= 4 is 29.1 Å². The van der Waals surface area contributed by atoms with Crippen LogP contribution in [0.1, 0.15) is 5.69 Å². The van der Waals surface area contributed by atoms with Gasteiger partial charge in [0.15, 0.2) is 5.82 Å². The van der Waals surface area contributed by atoms with Crippen molar-refractivity contribution in [2.75, 3.05) is 11.1 Å². The van der Waals surface area contributed by atoms with Gasteiger partial charge in [-0.05, 0) is 12.1 Å². The van der Waals surface area contributed by atoms with Crippen molar-refractivity contribution in [3.63, 3.8) is 0 Å². The zero-order chi connectivity index (χ0) is 17.3. The van der Waals surface area contributed by atoms with Gasteiger partial charge in [-0.2, -0.15) is 18.2 Å². The van der Waals surface area contributed by atoms with Crippen LogP contribution in [0.25, 0.3) is 11.4 Å². The number of anilines is 3. The average molecular weight is 355 g/mol. The molecule has 0 aliphatic rings. The lowest BCUT2D eigenvalue weighted by Gasteiger charge is -2.11. The monoisotopic (exact) mass is 354 g/mol. The summed E-state index contributed by atoms with van der Waals surface area (Å²) in [5.74, 6) is 0.305. The number of halogens is 4. The number of imidazole rings is 1. The molecule has 6 nitrogen and oxygen atoms in total. The summed E-state index contributed by atoms with van der Waals surface area (Å²) in [4.78, 5) is 13.7. The Morgan fingerprint density at radius 1 is 1.12 bits per heavy atom. The van der Waals surface area contributed by atoms with E-state index in [0.717, 1.165) is 6.20 Å². The summed E-state index contributed by atoms with van der Waals surface area (Å²) in [6.07, 6.45) is -2.44. The first-order chi connectivity index (χ1) is 11.3. The number of aromatic amines is 1. The van der Waals surface area contributed by atoms with Crippen molar-refractivity contribution in [3.05, 3.63) is 47.4 Å². The van der Waals surface area contributed by atoms with E-state index in [1.165, 1.54) is 6.20 Å². The number of nitrogen functional groups attached to an aromatic ring is 1. The number of nitrogens with one attached hydrogen (secondary N) is 2. The quantitative estimate of drug-likeness (QED) is 0.664. The molecule has 3 aromatic rings. The van der Waals surface area contributed by atoms with Gasteiger partial charge in [0.1, 0.15) is 16.5 Å². The summed E-state index contributed by atoms with van der Waals surface area (Å²) in [5, 5.41) is 3.14. The zero-order valence-corrected chi connectivity index (χ0v) is 12.7. The molecule has 4 N–H and O–H groups in total. The van der Waals surface area contributed by atoms with Gasteiger partial charge in [0, 0.05) is 5.56 Å². The highest BCUT2D eigenvalue weighted by molar-refractivity contribution is 6.32. The van der Waals surface area contributed by atoms with E-state index in [-0.39, 0.29) is 22.6 Å². The molecule has 0 saturated heterocycles. The minimum atomic E-state index is -4.50. The maximum Gasteiger partial charge on any atom is 0.432 e. The van der Waals surface area contributed by atoms with Gasteiger partial charge >= 0.3 is 6.18 Å². The van der Waals surface area contributed by atoms with Crippen molar-refractivity contribution in [3.8, 4) is 11.4 Å². The molecule has 0 aliphatic heterocycles. The van der Waals surface area contributed by atoms with Crippen LogP contribution in [0.3, 0.4) is 0 Å². The molecule has 2 aromatic heterocycles. The lowest BCUT2D eigenvalue weighted by atomic mass is 10.1. The van der Waals surface area contributed by atoms with Gasteiger partial charge in [0.05, 0.1) is 18.1 Å². The summed E-state index contributed by atoms with van der Waals surface area (Å²) in [6, 6.07) is 6.64. The third-order valence-corrected chi connectivity index (χ3v) is 3.36. The third kappa shape index (κ3) is 3.25. The predicted octanol–water partition coefficient (Wildman–Crippen LogP) is 3.86. The first-order valence-electron chi connectivity index (χ1n) is 6.61. The molecule has 124 valence electrons. The van der Waals surface area contributed by atoms with Gasteiger partial charge in [0.25, 0.3) is 0 Å². The molecular weight excluding hydrogens is 345 g/mol. The van der Waals surface area contributed by atoms with Crippen LogP contribution >= 0.6 is 11.6 Å². The van der Waals surface area contributed by atoms with E-state index in [1.807, 2.05) is 0 Å². The minimum absolute atomic E-state index is 0.0109. The molecule has 0 spiro atoms. The highest BCUT2D eigenvalue weighted by atomic mass is 35.5. The van der Waals surface area contributed by atoms with Crippen LogP contribution in [0.2, 0.25) is 5.02 Å². The highest BCUT2D eigenvalue weighted by Gasteiger charge is 2.33. The molecule has 0 unspecified atom stereocenters. The lowest BCUT2D eigenvalue weighted by molar-refractivity contribution is -0.140. The number of benzene rings is 1. The third-order valence-electron chi connectivity index (χ3n) is 3.08. The molecule has 2 heterocycles. The van der Waals surface area contributed by atoms with Gasteiger partial charge in [-0.25, -0.2) is 9.97 Å². The molecule has 24 heavy (non-hydrogen) atoms. The molecule has 3 rings (SSSR count). The molecule has 0 atom stereocenters. The molecule has 1 aromatic carbocycles. The van der Waals surface area contributed by atoms with E-state index in [4.69, 9.17) is 17.3 Å². The molecule has 0 fully saturated rings. The smallest absolute Gasteiger partial charge is 0.368 e. The standard InChI is InChI=1S/C14H10ClF3N6/c15-8-5-21-13(19)24-12(8)22-9-4-2-1-3-7(9)11-20-6-10(23-11)14(16,17)18/h1-6H,(H,20,23)(H3,19,21,22,24). The van der Waals surface area contributed by atoms with Gasteiger partial charge in [-0.3, -0.25) is 0 Å². The van der Waals surface area contributed by atoms with Crippen molar-refractivity contribution < 1.29 is 13.2 Å². The van der Waals surface area contributed by atoms with Crippen molar-refractivity contribution in [2.24, 2.45) is 0 Å². The number of H-pyrrole nitrogens is 1. The van der Waals surface area contributed by atoms with E-state index in [9.17, 15) is 13.2 Å². The van der Waals surface area contributed by atoms with E-state index in [1.54, 1.807) is 24.3 Å². The number of nitrogens with two attached hydrogens (primary N) is 1. The van der Waals surface area contributed by atoms with Crippen molar-refractivity contribution in [1.29, 1.82) is 0 Å². The van der Waals surface area contributed by atoms with E-state index >= 15 is 0 Å². The van der Waals surface area contributed by atoms with Crippen LogP contribution in [-0.2, 0) is 6.18 Å². The van der Waals surface area contributed by atoms with Gasteiger partial charge in [-0.1, -0.05) is 23.7 Å². The zero-order valence-electron chi connectivity index (χ0n) is 11.9. The second-order valence-corrected chi connectivity index (χ2v) is 5.15. The van der Waals surface area contributed by atoms with E-state index in [0.29, 0.717) is 11.3 Å². The number of para-hydroxylation sites is 1. The predicted molar refractivity (Wildman–Crippen MR) is 83.8 cm³/mol. The van der Waals surface area contributed by atoms with Crippen LogP contribution in [0.15, 0.2) is 36.7 Å². The largest absolute Gasteiger partial charge is 0.432 e. The Balaban J connectivity index is 1.99. The second-order valence-electron chi connectivity index (χ2n) is 4.74. The number of aromatic nitrogens is 4. The normalized spacial score (nSPS) is 11.5. The molecule has 10 heteroatoms. The first kappa shape index (κ1) is 16.1. The fourth-order valence-corrected chi connectivity index (χ4v) is 2.14. The Morgan fingerprint density at radius 2 is 1.88 bits per heavy atom. The van der Waals surface area contributed by atoms with Crippen molar-refractivity contribution in [1.82, 2.24) is 19.9 Å². The number of hydrogen-bond donors (Lipinski definition) is 3. The SMILES string of the molecule is Nc1ncc(Cl)c(Nc2ccccc2-c2ncc(C(F)(F)F)[nH]2)n1. The second kappa shape index (κ2) is 6.00. The summed E-state index contributed by atoms with van der Waals surface area (Å²) in [6.45, 7) is 0. The average Bonchev–Trinajstić information content (AvgIpc) is 3.01. The molecular formula is C14H10ClF3N6. The molecule has 0 saturated carbocycles. The number of hydrogen-bond acceptors (Lipinski definition) is 5. The Labute approximate surface area is 138 Å². The Bertz CT molecular complexity index is 877. The van der Waals surface area contributed by atoms with Gasteiger partial charge < -0.3 is 16.0 Å². The summed E-state index contributed by atoms with van der Waals surface area (Å²) >= 11 is 5.99. The number of alkyl halides is 3. The summed E-state index contributed by atoms with van der Waals surface area (Å²) < 4.78 is 38.2. The van der Waals surface area contributed by atoms with Crippen molar-refractivity contribution in [2.45, 2.75) is 6.18 Å². The van der Waals surface area contributed by atoms with E-state index < -0.39 is 11.9 Å². The maximum absolute atomic E-state index is 12.7. The minimum Gasteiger partial charge on any atom is -0.368 e. The molecule has 0 aliphatic carbocycles.